The third-order valence-electron chi connectivity index (χ3n) is 1.91. The zero-order valence-electron chi connectivity index (χ0n) is 8.00. The van der Waals surface area contributed by atoms with Crippen LogP contribution in [0.4, 0.5) is 5.69 Å². The summed E-state index contributed by atoms with van der Waals surface area (Å²) in [4.78, 5) is 18.5. The summed E-state index contributed by atoms with van der Waals surface area (Å²) >= 11 is 6.58. The van der Waals surface area contributed by atoms with Crippen LogP contribution in [0.5, 0.6) is 0 Å². The first-order chi connectivity index (χ1) is 7.66. The van der Waals surface area contributed by atoms with Gasteiger partial charge < -0.3 is 10.3 Å². The second-order valence-corrected chi connectivity index (χ2v) is 4.81. The Kier molecular flexibility index (Phi) is 3.40. The molecule has 0 aromatic carbocycles. The molecule has 6 heteroatoms. The third kappa shape index (κ3) is 2.51. The lowest BCUT2D eigenvalue weighted by atomic mass is 10.3. The van der Waals surface area contributed by atoms with Gasteiger partial charge in [-0.2, -0.15) is 0 Å². The van der Waals surface area contributed by atoms with E-state index in [2.05, 4.69) is 47.1 Å². The number of hydrogen-bond acceptors (Lipinski definition) is 2. The number of halogens is 2. The van der Waals surface area contributed by atoms with Gasteiger partial charge in [0.25, 0.3) is 5.91 Å². The average molecular weight is 345 g/mol. The van der Waals surface area contributed by atoms with Crippen LogP contribution < -0.4 is 5.32 Å². The van der Waals surface area contributed by atoms with Gasteiger partial charge in [-0.1, -0.05) is 0 Å². The van der Waals surface area contributed by atoms with Crippen LogP contribution in [0.2, 0.25) is 0 Å². The van der Waals surface area contributed by atoms with Crippen molar-refractivity contribution >= 4 is 43.5 Å². The molecule has 0 aliphatic rings. The molecule has 0 fully saturated rings. The highest BCUT2D eigenvalue weighted by atomic mass is 79.9. The predicted octanol–water partition coefficient (Wildman–Crippen LogP) is 3.19. The van der Waals surface area contributed by atoms with E-state index in [0.717, 1.165) is 8.95 Å². The molecule has 0 saturated heterocycles. The van der Waals surface area contributed by atoms with Crippen LogP contribution in [-0.2, 0) is 0 Å². The number of aromatic amines is 1. The van der Waals surface area contributed by atoms with Gasteiger partial charge in [-0.3, -0.25) is 9.78 Å². The smallest absolute Gasteiger partial charge is 0.272 e. The number of H-pyrrole nitrogens is 1. The SMILES string of the molecule is O=C(Nc1ccncc1Br)c1cc(Br)c[nH]1. The maximum Gasteiger partial charge on any atom is 0.272 e. The Morgan fingerprint density at radius 3 is 2.88 bits per heavy atom. The molecule has 0 spiro atoms. The lowest BCUT2D eigenvalue weighted by molar-refractivity contribution is 0.102. The molecule has 0 aliphatic carbocycles. The highest BCUT2D eigenvalue weighted by molar-refractivity contribution is 9.10. The Morgan fingerprint density at radius 1 is 1.44 bits per heavy atom. The van der Waals surface area contributed by atoms with Gasteiger partial charge in [0, 0.05) is 23.1 Å². The predicted molar refractivity (Wildman–Crippen MR) is 68.4 cm³/mol. The van der Waals surface area contributed by atoms with Crippen molar-refractivity contribution in [1.82, 2.24) is 9.97 Å². The van der Waals surface area contributed by atoms with Gasteiger partial charge in [0.2, 0.25) is 0 Å². The second-order valence-electron chi connectivity index (χ2n) is 3.04. The van der Waals surface area contributed by atoms with Crippen LogP contribution in [0.1, 0.15) is 10.5 Å². The van der Waals surface area contributed by atoms with Gasteiger partial charge in [0.1, 0.15) is 5.69 Å². The number of carbonyl (C=O) groups is 1. The molecule has 0 atom stereocenters. The van der Waals surface area contributed by atoms with Crippen LogP contribution >= 0.6 is 31.9 Å². The van der Waals surface area contributed by atoms with E-state index in [0.29, 0.717) is 11.4 Å². The Morgan fingerprint density at radius 2 is 2.25 bits per heavy atom. The van der Waals surface area contributed by atoms with Crippen LogP contribution in [0.15, 0.2) is 39.7 Å². The fourth-order valence-corrected chi connectivity index (χ4v) is 1.86. The van der Waals surface area contributed by atoms with Crippen LogP contribution in [0, 0.1) is 0 Å². The van der Waals surface area contributed by atoms with Crippen LogP contribution in [-0.4, -0.2) is 15.9 Å². The molecule has 16 heavy (non-hydrogen) atoms. The van der Waals surface area contributed by atoms with E-state index >= 15 is 0 Å². The third-order valence-corrected chi connectivity index (χ3v) is 3.00. The standard InChI is InChI=1S/C10H7Br2N3O/c11-6-3-9(14-4-6)10(16)15-8-1-2-13-5-7(8)12/h1-5,14H,(H,13,15,16). The van der Waals surface area contributed by atoms with E-state index in [9.17, 15) is 4.79 Å². The fraction of sp³-hybridized carbons (Fsp3) is 0. The van der Waals surface area contributed by atoms with Crippen LogP contribution in [0.3, 0.4) is 0 Å². The lowest BCUT2D eigenvalue weighted by Gasteiger charge is -2.04. The van der Waals surface area contributed by atoms with Gasteiger partial charge >= 0.3 is 0 Å². The molecule has 4 nitrogen and oxygen atoms in total. The van der Waals surface area contributed by atoms with Crippen molar-refractivity contribution in [1.29, 1.82) is 0 Å². The average Bonchev–Trinajstić information content (AvgIpc) is 2.68. The molecular weight excluding hydrogens is 338 g/mol. The molecule has 2 heterocycles. The number of nitrogens with zero attached hydrogens (tertiary/aromatic N) is 1. The minimum absolute atomic E-state index is 0.197. The molecule has 0 aliphatic heterocycles. The van der Waals surface area contributed by atoms with Gasteiger partial charge in [-0.15, -0.1) is 0 Å². The number of pyridine rings is 1. The Labute approximate surface area is 109 Å². The number of anilines is 1. The number of amides is 1. The quantitative estimate of drug-likeness (QED) is 0.879. The summed E-state index contributed by atoms with van der Waals surface area (Å²) in [5, 5.41) is 2.76. The topological polar surface area (TPSA) is 57.8 Å². The second kappa shape index (κ2) is 4.80. The number of hydrogen-bond donors (Lipinski definition) is 2. The summed E-state index contributed by atoms with van der Waals surface area (Å²) in [5.41, 5.74) is 1.18. The number of aromatic nitrogens is 2. The zero-order valence-corrected chi connectivity index (χ0v) is 11.2. The van der Waals surface area contributed by atoms with E-state index in [1.54, 1.807) is 30.7 Å². The van der Waals surface area contributed by atoms with Crippen molar-refractivity contribution in [2.24, 2.45) is 0 Å². The normalized spacial score (nSPS) is 10.1. The number of rotatable bonds is 2. The minimum Gasteiger partial charge on any atom is -0.356 e. The maximum atomic E-state index is 11.8. The summed E-state index contributed by atoms with van der Waals surface area (Å²) in [5.74, 6) is -0.197. The Hall–Kier alpha value is -1.14. The lowest BCUT2D eigenvalue weighted by Crippen LogP contribution is -2.12. The van der Waals surface area contributed by atoms with Crippen molar-refractivity contribution in [2.75, 3.05) is 5.32 Å². The van der Waals surface area contributed by atoms with Crippen molar-refractivity contribution in [3.05, 3.63) is 45.4 Å². The van der Waals surface area contributed by atoms with E-state index in [1.165, 1.54) is 0 Å². The molecule has 0 radical (unpaired) electrons. The molecule has 2 rings (SSSR count). The maximum absolute atomic E-state index is 11.8. The van der Waals surface area contributed by atoms with E-state index < -0.39 is 0 Å². The molecule has 1 amide bonds. The van der Waals surface area contributed by atoms with Crippen molar-refractivity contribution in [2.45, 2.75) is 0 Å². The first-order valence-electron chi connectivity index (χ1n) is 4.41. The molecule has 0 bridgehead atoms. The van der Waals surface area contributed by atoms with Gasteiger partial charge in [0.05, 0.1) is 10.2 Å². The van der Waals surface area contributed by atoms with Crippen LogP contribution in [0.25, 0.3) is 0 Å². The molecule has 82 valence electrons. The first kappa shape index (κ1) is 11.3. The molecule has 0 unspecified atom stereocenters. The summed E-state index contributed by atoms with van der Waals surface area (Å²) < 4.78 is 1.58. The van der Waals surface area contributed by atoms with Gasteiger partial charge in [-0.25, -0.2) is 0 Å². The highest BCUT2D eigenvalue weighted by Gasteiger charge is 2.09. The summed E-state index contributed by atoms with van der Waals surface area (Å²) in [6.45, 7) is 0. The Bertz CT molecular complexity index is 524. The highest BCUT2D eigenvalue weighted by Crippen LogP contribution is 2.21. The monoisotopic (exact) mass is 343 g/mol. The van der Waals surface area contributed by atoms with Gasteiger partial charge in [-0.05, 0) is 44.0 Å². The summed E-state index contributed by atoms with van der Waals surface area (Å²) in [6.07, 6.45) is 4.95. The zero-order chi connectivity index (χ0) is 11.5. The largest absolute Gasteiger partial charge is 0.356 e. The molecule has 0 saturated carbocycles. The van der Waals surface area contributed by atoms with E-state index in [1.807, 2.05) is 0 Å². The molecular formula is C10H7Br2N3O. The van der Waals surface area contributed by atoms with Crippen molar-refractivity contribution in [3.63, 3.8) is 0 Å². The molecule has 2 aromatic rings. The first-order valence-corrected chi connectivity index (χ1v) is 6.00. The van der Waals surface area contributed by atoms with E-state index in [4.69, 9.17) is 0 Å². The summed E-state index contributed by atoms with van der Waals surface area (Å²) in [7, 11) is 0. The van der Waals surface area contributed by atoms with Gasteiger partial charge in [0.15, 0.2) is 0 Å². The number of carbonyl (C=O) groups excluding carboxylic acids is 1. The van der Waals surface area contributed by atoms with Crippen molar-refractivity contribution < 1.29 is 4.79 Å². The fourth-order valence-electron chi connectivity index (χ4n) is 1.17. The summed E-state index contributed by atoms with van der Waals surface area (Å²) in [6, 6.07) is 3.43. The molecule has 2 aromatic heterocycles. The number of nitrogens with one attached hydrogen (secondary N) is 2. The van der Waals surface area contributed by atoms with E-state index in [-0.39, 0.29) is 5.91 Å². The van der Waals surface area contributed by atoms with Crippen molar-refractivity contribution in [3.8, 4) is 0 Å². The Balaban J connectivity index is 2.17. The minimum atomic E-state index is -0.197. The molecule has 2 N–H and O–H groups in total.